The maximum Gasteiger partial charge on any atom is 0.171 e. The van der Waals surface area contributed by atoms with E-state index in [1.54, 1.807) is 0 Å². The fraction of sp³-hybridized carbons (Fsp3) is 1.00. The van der Waals surface area contributed by atoms with E-state index in [1.165, 1.54) is 32.1 Å². The van der Waals surface area contributed by atoms with Crippen LogP contribution in [0.25, 0.3) is 0 Å². The van der Waals surface area contributed by atoms with Crippen LogP contribution in [0.5, 0.6) is 0 Å². The fourth-order valence-electron chi connectivity index (χ4n) is 8.02. The van der Waals surface area contributed by atoms with Crippen molar-refractivity contribution >= 4 is 0 Å². The molecule has 2 aliphatic heterocycles. The van der Waals surface area contributed by atoms with E-state index in [1.807, 2.05) is 0 Å². The van der Waals surface area contributed by atoms with Crippen LogP contribution in [0.3, 0.4) is 0 Å². The van der Waals surface area contributed by atoms with E-state index >= 15 is 0 Å². The third kappa shape index (κ3) is 1.57. The highest BCUT2D eigenvalue weighted by Gasteiger charge is 2.80. The maximum atomic E-state index is 10.6. The van der Waals surface area contributed by atoms with Gasteiger partial charge >= 0.3 is 0 Å². The topological polar surface area (TPSA) is 51.2 Å². The Balaban J connectivity index is 1.31. The lowest BCUT2D eigenvalue weighted by molar-refractivity contribution is -0.191. The Morgan fingerprint density at radius 2 is 1.71 bits per heavy atom. The van der Waals surface area contributed by atoms with Gasteiger partial charge in [0.15, 0.2) is 5.79 Å². The predicted octanol–water partition coefficient (Wildman–Crippen LogP) is 3.02. The molecular weight excluding hydrogens is 304 g/mol. The maximum absolute atomic E-state index is 10.6. The summed E-state index contributed by atoms with van der Waals surface area (Å²) in [7, 11) is 0. The van der Waals surface area contributed by atoms with Gasteiger partial charge in [-0.3, -0.25) is 0 Å². The van der Waals surface area contributed by atoms with Crippen molar-refractivity contribution in [1.82, 2.24) is 0 Å². The molecule has 0 radical (unpaired) electrons. The molecule has 6 rings (SSSR count). The van der Waals surface area contributed by atoms with Crippen molar-refractivity contribution in [3.63, 3.8) is 0 Å². The highest BCUT2D eigenvalue weighted by atomic mass is 16.7. The molecule has 0 aromatic heterocycles. The normalized spacial score (nSPS) is 60.2. The van der Waals surface area contributed by atoms with E-state index in [2.05, 4.69) is 6.92 Å². The minimum Gasteiger partial charge on any atom is -0.393 e. The smallest absolute Gasteiger partial charge is 0.171 e. The highest BCUT2D eigenvalue weighted by molar-refractivity contribution is 5.28. The summed E-state index contributed by atoms with van der Waals surface area (Å²) < 4.78 is 18.7. The van der Waals surface area contributed by atoms with E-state index < -0.39 is 0 Å². The quantitative estimate of drug-likeness (QED) is 0.692. The molecule has 4 saturated carbocycles. The summed E-state index contributed by atoms with van der Waals surface area (Å²) in [4.78, 5) is 0. The summed E-state index contributed by atoms with van der Waals surface area (Å²) in [6.07, 6.45) is 10.1. The zero-order valence-corrected chi connectivity index (χ0v) is 14.8. The van der Waals surface area contributed by atoms with Gasteiger partial charge in [-0.25, -0.2) is 0 Å². The van der Waals surface area contributed by atoms with E-state index in [9.17, 15) is 5.11 Å². The van der Waals surface area contributed by atoms with Gasteiger partial charge < -0.3 is 19.3 Å². The molecule has 4 heteroatoms. The van der Waals surface area contributed by atoms with E-state index in [-0.39, 0.29) is 28.5 Å². The molecule has 0 aromatic carbocycles. The second-order valence-electron chi connectivity index (χ2n) is 9.82. The molecule has 0 amide bonds. The number of aliphatic hydroxyl groups excluding tert-OH is 1. The van der Waals surface area contributed by atoms with Crippen molar-refractivity contribution < 1.29 is 19.3 Å². The Hall–Kier alpha value is -0.160. The van der Waals surface area contributed by atoms with E-state index in [0.29, 0.717) is 11.8 Å². The van der Waals surface area contributed by atoms with Gasteiger partial charge in [0.1, 0.15) is 11.2 Å². The van der Waals surface area contributed by atoms with Crippen LogP contribution in [0, 0.1) is 23.2 Å². The average molecular weight is 334 g/mol. The first-order valence-corrected chi connectivity index (χ1v) is 10.2. The van der Waals surface area contributed by atoms with Crippen LogP contribution in [0.1, 0.15) is 64.7 Å². The van der Waals surface area contributed by atoms with Gasteiger partial charge in [0.25, 0.3) is 0 Å². The number of ether oxygens (including phenoxy) is 3. The SMILES string of the molecule is C[C@]12CC[C@H]3[C@@H](CCC45CC6(CC[C@@]34O5)OCCO6)[C@@H]1CC[C@@H]2O. The summed E-state index contributed by atoms with van der Waals surface area (Å²) >= 11 is 0. The van der Waals surface area contributed by atoms with Gasteiger partial charge in [0.2, 0.25) is 0 Å². The van der Waals surface area contributed by atoms with Gasteiger partial charge in [-0.1, -0.05) is 6.92 Å². The summed E-state index contributed by atoms with van der Waals surface area (Å²) in [5.74, 6) is 1.83. The van der Waals surface area contributed by atoms with E-state index in [4.69, 9.17) is 14.2 Å². The predicted molar refractivity (Wildman–Crippen MR) is 87.3 cm³/mol. The Kier molecular flexibility index (Phi) is 2.73. The molecule has 134 valence electrons. The number of epoxide rings is 1. The summed E-state index contributed by atoms with van der Waals surface area (Å²) in [6, 6.07) is 0. The number of rotatable bonds is 0. The third-order valence-corrected chi connectivity index (χ3v) is 9.22. The second kappa shape index (κ2) is 4.39. The van der Waals surface area contributed by atoms with Crippen LogP contribution in [0.4, 0.5) is 0 Å². The molecule has 0 aromatic rings. The number of fused-ring (bicyclic) bond motifs is 3. The van der Waals surface area contributed by atoms with E-state index in [0.717, 1.165) is 44.8 Å². The molecule has 1 unspecified atom stereocenters. The molecule has 1 N–H and O–H groups in total. The van der Waals surface area contributed by atoms with Crippen LogP contribution < -0.4 is 0 Å². The molecule has 0 bridgehead atoms. The number of hydrogen-bond donors (Lipinski definition) is 1. The summed E-state index contributed by atoms with van der Waals surface area (Å²) in [5.41, 5.74) is 0.327. The van der Waals surface area contributed by atoms with Crippen molar-refractivity contribution in [2.45, 2.75) is 87.8 Å². The minimum atomic E-state index is -0.334. The zero-order valence-electron chi connectivity index (χ0n) is 14.8. The van der Waals surface area contributed by atoms with Crippen LogP contribution in [-0.2, 0) is 14.2 Å². The lowest BCUT2D eigenvalue weighted by Gasteiger charge is -2.53. The molecule has 6 fully saturated rings. The Morgan fingerprint density at radius 1 is 0.875 bits per heavy atom. The van der Waals surface area contributed by atoms with Crippen molar-refractivity contribution in [3.8, 4) is 0 Å². The molecular formula is C20H30O4. The molecule has 2 saturated heterocycles. The van der Waals surface area contributed by atoms with Crippen molar-refractivity contribution in [3.05, 3.63) is 0 Å². The van der Waals surface area contributed by atoms with Gasteiger partial charge in [-0.15, -0.1) is 0 Å². The standard InChI is InChI=1S/C20H30O4/c1-17-6-5-15-13(14(17)2-3-16(17)21)4-7-18-12-19(22-10-11-23-19)8-9-20(15,18)24-18/h13-16,21H,2-12H2,1H3/t13-,14-,15-,16-,17-,18?,20+/m0/s1. The Morgan fingerprint density at radius 3 is 2.54 bits per heavy atom. The van der Waals surface area contributed by atoms with Crippen LogP contribution in [-0.4, -0.2) is 41.4 Å². The highest BCUT2D eigenvalue weighted by Crippen LogP contribution is 2.74. The van der Waals surface area contributed by atoms with Gasteiger partial charge in [0.05, 0.1) is 19.3 Å². The van der Waals surface area contributed by atoms with Crippen LogP contribution >= 0.6 is 0 Å². The fourth-order valence-corrected chi connectivity index (χ4v) is 8.02. The third-order valence-electron chi connectivity index (χ3n) is 9.22. The first-order valence-electron chi connectivity index (χ1n) is 10.2. The molecule has 4 aliphatic carbocycles. The molecule has 2 heterocycles. The molecule has 24 heavy (non-hydrogen) atoms. The minimum absolute atomic E-state index is 0.0434. The Bertz CT molecular complexity index is 572. The zero-order chi connectivity index (χ0) is 16.2. The lowest BCUT2D eigenvalue weighted by Crippen LogP contribution is -2.56. The molecule has 1 spiro atoms. The van der Waals surface area contributed by atoms with Gasteiger partial charge in [0, 0.05) is 12.8 Å². The summed E-state index contributed by atoms with van der Waals surface area (Å²) in [5, 5.41) is 10.6. The van der Waals surface area contributed by atoms with Gasteiger partial charge in [-0.05, 0) is 68.1 Å². The first kappa shape index (κ1) is 15.0. The van der Waals surface area contributed by atoms with Crippen molar-refractivity contribution in [1.29, 1.82) is 0 Å². The van der Waals surface area contributed by atoms with Gasteiger partial charge in [-0.2, -0.15) is 0 Å². The summed E-state index contributed by atoms with van der Waals surface area (Å²) in [6.45, 7) is 3.84. The lowest BCUT2D eigenvalue weighted by atomic mass is 9.50. The number of hydrogen-bond acceptors (Lipinski definition) is 4. The average Bonchev–Trinajstić information content (AvgIpc) is 2.88. The molecule has 4 nitrogen and oxygen atoms in total. The molecule has 7 atom stereocenters. The van der Waals surface area contributed by atoms with Crippen LogP contribution in [0.2, 0.25) is 0 Å². The molecule has 6 aliphatic rings. The monoisotopic (exact) mass is 334 g/mol. The first-order chi connectivity index (χ1) is 11.5. The van der Waals surface area contributed by atoms with Crippen LogP contribution in [0.15, 0.2) is 0 Å². The Labute approximate surface area is 144 Å². The van der Waals surface area contributed by atoms with Crippen molar-refractivity contribution in [2.75, 3.05) is 13.2 Å². The number of aliphatic hydroxyl groups is 1. The largest absolute Gasteiger partial charge is 0.393 e. The second-order valence-corrected chi connectivity index (χ2v) is 9.82. The van der Waals surface area contributed by atoms with Crippen molar-refractivity contribution in [2.24, 2.45) is 23.2 Å².